The molecular formula is C8H8. The van der Waals surface area contributed by atoms with Gasteiger partial charge in [0.2, 0.25) is 0 Å². The van der Waals surface area contributed by atoms with Gasteiger partial charge in [-0.05, 0) is 18.1 Å². The summed E-state index contributed by atoms with van der Waals surface area (Å²) in [5.41, 5.74) is 1.25. The molecule has 0 bridgehead atoms. The van der Waals surface area contributed by atoms with Gasteiger partial charge in [-0.25, -0.2) is 0 Å². The molecule has 0 aliphatic carbocycles. The SMILES string of the molecule is C[CH]c1cc[c]cc1. The van der Waals surface area contributed by atoms with Crippen molar-refractivity contribution in [2.75, 3.05) is 0 Å². The second-order valence-corrected chi connectivity index (χ2v) is 1.62. The van der Waals surface area contributed by atoms with Crippen LogP contribution < -0.4 is 0 Å². The predicted octanol–water partition coefficient (Wildman–Crippen LogP) is 2.06. The molecule has 0 spiro atoms. The van der Waals surface area contributed by atoms with Crippen LogP contribution in [0.1, 0.15) is 12.5 Å². The van der Waals surface area contributed by atoms with Crippen molar-refractivity contribution >= 4 is 0 Å². The van der Waals surface area contributed by atoms with E-state index in [2.05, 4.69) is 12.5 Å². The normalized spacial score (nSPS) is 9.12. The summed E-state index contributed by atoms with van der Waals surface area (Å²) < 4.78 is 0. The Hall–Kier alpha value is -0.780. The Labute approximate surface area is 50.2 Å². The minimum atomic E-state index is 1.25. The molecule has 0 amide bonds. The third-order valence-electron chi connectivity index (χ3n) is 1.08. The van der Waals surface area contributed by atoms with Crippen LogP contribution in [0, 0.1) is 12.5 Å². The molecule has 0 saturated heterocycles. The summed E-state index contributed by atoms with van der Waals surface area (Å²) in [4.78, 5) is 0. The quantitative estimate of drug-likeness (QED) is 0.511. The lowest BCUT2D eigenvalue weighted by Crippen LogP contribution is -1.71. The Balaban J connectivity index is 2.83. The van der Waals surface area contributed by atoms with Gasteiger partial charge in [0.25, 0.3) is 0 Å². The Morgan fingerprint density at radius 2 is 2.00 bits per heavy atom. The summed E-state index contributed by atoms with van der Waals surface area (Å²) in [5.74, 6) is 0. The molecule has 2 radical (unpaired) electrons. The maximum atomic E-state index is 2.95. The molecule has 0 heteroatoms. The number of hydrogen-bond acceptors (Lipinski definition) is 0. The fourth-order valence-electron chi connectivity index (χ4n) is 0.592. The van der Waals surface area contributed by atoms with E-state index in [1.807, 2.05) is 31.2 Å². The lowest BCUT2D eigenvalue weighted by Gasteiger charge is -1.88. The Kier molecular flexibility index (Phi) is 1.68. The number of hydrogen-bond donors (Lipinski definition) is 0. The van der Waals surface area contributed by atoms with Crippen LogP contribution in [0.2, 0.25) is 0 Å². The van der Waals surface area contributed by atoms with E-state index in [0.717, 1.165) is 0 Å². The van der Waals surface area contributed by atoms with Crippen LogP contribution in [0.25, 0.3) is 0 Å². The van der Waals surface area contributed by atoms with Crippen molar-refractivity contribution in [1.29, 1.82) is 0 Å². The number of benzene rings is 1. The van der Waals surface area contributed by atoms with Crippen LogP contribution in [0.4, 0.5) is 0 Å². The molecule has 40 valence electrons. The van der Waals surface area contributed by atoms with Crippen molar-refractivity contribution in [2.45, 2.75) is 6.92 Å². The molecule has 0 N–H and O–H groups in total. The van der Waals surface area contributed by atoms with E-state index in [0.29, 0.717) is 0 Å². The van der Waals surface area contributed by atoms with Crippen LogP contribution in [0.5, 0.6) is 0 Å². The molecule has 0 heterocycles. The predicted molar refractivity (Wildman–Crippen MR) is 34.4 cm³/mol. The van der Waals surface area contributed by atoms with E-state index in [4.69, 9.17) is 0 Å². The van der Waals surface area contributed by atoms with Crippen molar-refractivity contribution in [3.63, 3.8) is 0 Å². The zero-order chi connectivity index (χ0) is 5.82. The number of rotatable bonds is 1. The molecule has 0 nitrogen and oxygen atoms in total. The third-order valence-corrected chi connectivity index (χ3v) is 1.08. The lowest BCUT2D eigenvalue weighted by atomic mass is 10.2. The summed E-state index contributed by atoms with van der Waals surface area (Å²) in [6.45, 7) is 2.02. The maximum absolute atomic E-state index is 2.95. The third kappa shape index (κ3) is 1.09. The average Bonchev–Trinajstić information content (AvgIpc) is 1.90. The van der Waals surface area contributed by atoms with Gasteiger partial charge < -0.3 is 0 Å². The fourth-order valence-corrected chi connectivity index (χ4v) is 0.592. The van der Waals surface area contributed by atoms with Gasteiger partial charge in [-0.1, -0.05) is 31.2 Å². The molecule has 1 aromatic carbocycles. The van der Waals surface area contributed by atoms with Crippen LogP contribution in [-0.2, 0) is 0 Å². The van der Waals surface area contributed by atoms with Gasteiger partial charge in [-0.3, -0.25) is 0 Å². The second-order valence-electron chi connectivity index (χ2n) is 1.62. The molecule has 0 aliphatic rings. The van der Waals surface area contributed by atoms with E-state index >= 15 is 0 Å². The standard InChI is InChI=1S/C8H8/c1-2-8-6-4-3-5-7-8/h2,4-7H,1H3. The lowest BCUT2D eigenvalue weighted by molar-refractivity contribution is 1.42. The smallest absolute Gasteiger partial charge is 0.0124 e. The minimum Gasteiger partial charge on any atom is -0.0581 e. The molecule has 1 aromatic rings. The van der Waals surface area contributed by atoms with Crippen molar-refractivity contribution in [3.8, 4) is 0 Å². The Morgan fingerprint density at radius 1 is 1.38 bits per heavy atom. The summed E-state index contributed by atoms with van der Waals surface area (Å²) in [6.07, 6.45) is 2.06. The monoisotopic (exact) mass is 104 g/mol. The zero-order valence-corrected chi connectivity index (χ0v) is 4.89. The molecule has 0 aromatic heterocycles. The minimum absolute atomic E-state index is 1.25. The van der Waals surface area contributed by atoms with Gasteiger partial charge in [0, 0.05) is 0 Å². The van der Waals surface area contributed by atoms with Crippen molar-refractivity contribution in [3.05, 3.63) is 42.3 Å². The van der Waals surface area contributed by atoms with Crippen LogP contribution >= 0.6 is 0 Å². The average molecular weight is 104 g/mol. The first-order chi connectivity index (χ1) is 3.93. The van der Waals surface area contributed by atoms with E-state index < -0.39 is 0 Å². The van der Waals surface area contributed by atoms with Crippen molar-refractivity contribution in [1.82, 2.24) is 0 Å². The molecule has 8 heavy (non-hydrogen) atoms. The first-order valence-corrected chi connectivity index (χ1v) is 2.69. The van der Waals surface area contributed by atoms with Gasteiger partial charge in [0.15, 0.2) is 0 Å². The molecule has 0 aliphatic heterocycles. The van der Waals surface area contributed by atoms with Crippen LogP contribution in [-0.4, -0.2) is 0 Å². The van der Waals surface area contributed by atoms with Gasteiger partial charge in [-0.2, -0.15) is 0 Å². The van der Waals surface area contributed by atoms with Gasteiger partial charge >= 0.3 is 0 Å². The molecule has 0 fully saturated rings. The fraction of sp³-hybridized carbons (Fsp3) is 0.125. The Morgan fingerprint density at radius 3 is 2.38 bits per heavy atom. The zero-order valence-electron chi connectivity index (χ0n) is 4.89. The molecule has 1 rings (SSSR count). The second kappa shape index (κ2) is 2.51. The maximum Gasteiger partial charge on any atom is -0.0124 e. The highest BCUT2D eigenvalue weighted by Crippen LogP contribution is 1.98. The van der Waals surface area contributed by atoms with Gasteiger partial charge in [0.05, 0.1) is 0 Å². The summed E-state index contributed by atoms with van der Waals surface area (Å²) in [5, 5.41) is 0. The van der Waals surface area contributed by atoms with Crippen LogP contribution in [0.15, 0.2) is 24.3 Å². The first-order valence-electron chi connectivity index (χ1n) is 2.69. The summed E-state index contributed by atoms with van der Waals surface area (Å²) in [7, 11) is 0. The van der Waals surface area contributed by atoms with Crippen molar-refractivity contribution in [2.24, 2.45) is 0 Å². The summed E-state index contributed by atoms with van der Waals surface area (Å²) >= 11 is 0. The van der Waals surface area contributed by atoms with Gasteiger partial charge in [-0.15, -0.1) is 0 Å². The highest BCUT2D eigenvalue weighted by molar-refractivity contribution is 5.20. The molecule has 0 unspecified atom stereocenters. The highest BCUT2D eigenvalue weighted by Gasteiger charge is 1.80. The van der Waals surface area contributed by atoms with E-state index in [1.165, 1.54) is 5.56 Å². The largest absolute Gasteiger partial charge is 0.0581 e. The molecule has 0 atom stereocenters. The highest BCUT2D eigenvalue weighted by atomic mass is 13.9. The molecule has 0 saturated carbocycles. The van der Waals surface area contributed by atoms with Crippen molar-refractivity contribution < 1.29 is 0 Å². The Bertz CT molecular complexity index is 141. The van der Waals surface area contributed by atoms with E-state index in [9.17, 15) is 0 Å². The summed E-state index contributed by atoms with van der Waals surface area (Å²) in [6, 6.07) is 10.8. The topological polar surface area (TPSA) is 0 Å². The van der Waals surface area contributed by atoms with Crippen LogP contribution in [0.3, 0.4) is 0 Å². The van der Waals surface area contributed by atoms with Gasteiger partial charge in [0.1, 0.15) is 0 Å². The van der Waals surface area contributed by atoms with E-state index in [1.54, 1.807) is 0 Å². The molecular weight excluding hydrogens is 96.1 g/mol. The van der Waals surface area contributed by atoms with E-state index in [-0.39, 0.29) is 0 Å². The first kappa shape index (κ1) is 5.36.